The molecule has 0 aromatic heterocycles. The SMILES string of the molecule is O=C(CSC1=Nc2ccccc2C2=N[C@@H](CCC(=O)NC3CCCCC3)C(=O)N12)Nc1cccc(Cl)c1. The first-order valence-electron chi connectivity index (χ1n) is 12.6. The van der Waals surface area contributed by atoms with E-state index in [-0.39, 0.29) is 35.9 Å². The zero-order valence-corrected chi connectivity index (χ0v) is 21.9. The quantitative estimate of drug-likeness (QED) is 0.524. The number of thioether (sulfide) groups is 1. The van der Waals surface area contributed by atoms with Crippen LogP contribution >= 0.6 is 23.4 Å². The predicted octanol–water partition coefficient (Wildman–Crippen LogP) is 4.90. The van der Waals surface area contributed by atoms with Gasteiger partial charge in [-0.25, -0.2) is 9.89 Å². The second-order valence-electron chi connectivity index (χ2n) is 9.34. The van der Waals surface area contributed by atoms with Crippen molar-refractivity contribution in [1.29, 1.82) is 0 Å². The third kappa shape index (κ3) is 6.05. The Labute approximate surface area is 225 Å². The Bertz CT molecular complexity index is 1270. The number of rotatable bonds is 7. The maximum Gasteiger partial charge on any atom is 0.259 e. The lowest BCUT2D eigenvalue weighted by molar-refractivity contribution is -0.125. The van der Waals surface area contributed by atoms with Gasteiger partial charge >= 0.3 is 0 Å². The third-order valence-electron chi connectivity index (χ3n) is 6.60. The summed E-state index contributed by atoms with van der Waals surface area (Å²) in [6.45, 7) is 0. The van der Waals surface area contributed by atoms with Gasteiger partial charge in [0.05, 0.1) is 11.4 Å². The molecule has 192 valence electrons. The summed E-state index contributed by atoms with van der Waals surface area (Å²) < 4.78 is 0. The molecule has 1 saturated carbocycles. The molecular formula is C27H28ClN5O3S. The van der Waals surface area contributed by atoms with Crippen molar-refractivity contribution in [2.45, 2.75) is 57.0 Å². The topological polar surface area (TPSA) is 103 Å². The highest BCUT2D eigenvalue weighted by molar-refractivity contribution is 8.14. The van der Waals surface area contributed by atoms with Crippen molar-refractivity contribution in [2.24, 2.45) is 9.98 Å². The Morgan fingerprint density at radius 2 is 1.86 bits per heavy atom. The highest BCUT2D eigenvalue weighted by atomic mass is 35.5. The van der Waals surface area contributed by atoms with Crippen LogP contribution in [0.25, 0.3) is 0 Å². The molecule has 1 fully saturated rings. The van der Waals surface area contributed by atoms with Gasteiger partial charge in [-0.05, 0) is 49.6 Å². The fourth-order valence-corrected chi connectivity index (χ4v) is 5.79. The minimum absolute atomic E-state index is 0.0360. The smallest absolute Gasteiger partial charge is 0.259 e. The van der Waals surface area contributed by atoms with Crippen LogP contribution in [-0.4, -0.2) is 51.5 Å². The van der Waals surface area contributed by atoms with Crippen molar-refractivity contribution in [2.75, 3.05) is 11.1 Å². The molecule has 5 rings (SSSR count). The number of nitrogens with zero attached hydrogens (tertiary/aromatic N) is 3. The van der Waals surface area contributed by atoms with E-state index >= 15 is 0 Å². The van der Waals surface area contributed by atoms with Crippen molar-refractivity contribution in [3.63, 3.8) is 0 Å². The molecule has 8 nitrogen and oxygen atoms in total. The zero-order valence-electron chi connectivity index (χ0n) is 20.3. The van der Waals surface area contributed by atoms with Crippen LogP contribution in [0.15, 0.2) is 58.5 Å². The van der Waals surface area contributed by atoms with E-state index < -0.39 is 6.04 Å². The first-order chi connectivity index (χ1) is 18.0. The number of amidine groups is 2. The van der Waals surface area contributed by atoms with E-state index in [4.69, 9.17) is 16.6 Å². The van der Waals surface area contributed by atoms with Gasteiger partial charge in [-0.3, -0.25) is 19.4 Å². The normalized spacial score (nSPS) is 19.0. The van der Waals surface area contributed by atoms with Crippen LogP contribution in [0, 0.1) is 0 Å². The largest absolute Gasteiger partial charge is 0.353 e. The lowest BCUT2D eigenvalue weighted by atomic mass is 9.95. The summed E-state index contributed by atoms with van der Waals surface area (Å²) in [5.74, 6) is 0.0718. The maximum atomic E-state index is 13.4. The van der Waals surface area contributed by atoms with Crippen LogP contribution in [0.1, 0.15) is 50.5 Å². The molecule has 2 aliphatic heterocycles. The van der Waals surface area contributed by atoms with Crippen molar-refractivity contribution in [1.82, 2.24) is 10.2 Å². The number of nitrogens with one attached hydrogen (secondary N) is 2. The van der Waals surface area contributed by atoms with Crippen LogP contribution in [0.5, 0.6) is 0 Å². The Morgan fingerprint density at radius 3 is 2.68 bits per heavy atom. The summed E-state index contributed by atoms with van der Waals surface area (Å²) >= 11 is 7.17. The second-order valence-corrected chi connectivity index (χ2v) is 10.7. The van der Waals surface area contributed by atoms with E-state index in [1.165, 1.54) is 23.1 Å². The summed E-state index contributed by atoms with van der Waals surface area (Å²) in [4.78, 5) is 49.4. The summed E-state index contributed by atoms with van der Waals surface area (Å²) in [5, 5.41) is 6.85. The number of fused-ring (bicyclic) bond motifs is 3. The highest BCUT2D eigenvalue weighted by Gasteiger charge is 2.41. The Morgan fingerprint density at radius 1 is 1.05 bits per heavy atom. The van der Waals surface area contributed by atoms with Crippen LogP contribution in [0.2, 0.25) is 5.02 Å². The van der Waals surface area contributed by atoms with Gasteiger partial charge in [-0.1, -0.05) is 60.8 Å². The molecule has 2 N–H and O–H groups in total. The van der Waals surface area contributed by atoms with E-state index in [2.05, 4.69) is 15.6 Å². The van der Waals surface area contributed by atoms with Crippen molar-refractivity contribution in [3.8, 4) is 0 Å². The number of halogens is 1. The van der Waals surface area contributed by atoms with Crippen molar-refractivity contribution in [3.05, 3.63) is 59.1 Å². The molecule has 2 heterocycles. The van der Waals surface area contributed by atoms with Crippen LogP contribution in [0.3, 0.4) is 0 Å². The molecule has 3 aliphatic rings. The molecule has 2 aromatic carbocycles. The number of hydrogen-bond donors (Lipinski definition) is 2. The van der Waals surface area contributed by atoms with Crippen LogP contribution < -0.4 is 10.6 Å². The van der Waals surface area contributed by atoms with Crippen molar-refractivity contribution >= 4 is 63.5 Å². The average molecular weight is 538 g/mol. The standard InChI is InChI=1S/C27H28ClN5O3S/c28-17-7-6-10-19(15-17)30-24(35)16-37-27-32-21-12-5-4-11-20(21)25-31-22(26(36)33(25)27)13-14-23(34)29-18-8-2-1-3-9-18/h4-7,10-12,15,18,22H,1-3,8-9,13-14,16H2,(H,29,34)(H,30,35)/t22-/m0/s1. The first-order valence-corrected chi connectivity index (χ1v) is 13.9. The van der Waals surface area contributed by atoms with E-state index in [1.54, 1.807) is 24.3 Å². The molecule has 2 aromatic rings. The minimum atomic E-state index is -0.663. The predicted molar refractivity (Wildman–Crippen MR) is 147 cm³/mol. The van der Waals surface area contributed by atoms with Gasteiger partial charge in [0.1, 0.15) is 11.9 Å². The third-order valence-corrected chi connectivity index (χ3v) is 7.78. The number of hydrogen-bond acceptors (Lipinski definition) is 6. The summed E-state index contributed by atoms with van der Waals surface area (Å²) in [6.07, 6.45) is 6.11. The number of amides is 3. The molecule has 0 radical (unpaired) electrons. The number of benzene rings is 2. The van der Waals surface area contributed by atoms with Crippen LogP contribution in [0.4, 0.5) is 11.4 Å². The fraction of sp³-hybridized carbons (Fsp3) is 0.370. The second kappa shape index (κ2) is 11.5. The molecule has 0 saturated heterocycles. The zero-order chi connectivity index (χ0) is 25.8. The number of carbonyl (C=O) groups excluding carboxylic acids is 3. The average Bonchev–Trinajstić information content (AvgIpc) is 3.23. The molecule has 1 atom stereocenters. The molecule has 0 unspecified atom stereocenters. The molecule has 1 aliphatic carbocycles. The number of aliphatic imine (C=N–C) groups is 2. The lowest BCUT2D eigenvalue weighted by Crippen LogP contribution is -2.42. The fourth-order valence-electron chi connectivity index (χ4n) is 4.79. The monoisotopic (exact) mass is 537 g/mol. The molecule has 3 amide bonds. The van der Waals surface area contributed by atoms with Gasteiger partial charge in [0.15, 0.2) is 5.17 Å². The van der Waals surface area contributed by atoms with Gasteiger partial charge in [-0.2, -0.15) is 0 Å². The lowest BCUT2D eigenvalue weighted by Gasteiger charge is -2.25. The Kier molecular flexibility index (Phi) is 7.90. The minimum Gasteiger partial charge on any atom is -0.353 e. The van der Waals surface area contributed by atoms with E-state index in [1.807, 2.05) is 24.3 Å². The van der Waals surface area contributed by atoms with E-state index in [0.717, 1.165) is 31.2 Å². The molecule has 10 heteroatoms. The highest BCUT2D eigenvalue weighted by Crippen LogP contribution is 2.34. The number of para-hydroxylation sites is 1. The van der Waals surface area contributed by atoms with Gasteiger partial charge in [-0.15, -0.1) is 0 Å². The first kappa shape index (κ1) is 25.5. The van der Waals surface area contributed by atoms with E-state index in [9.17, 15) is 14.4 Å². The maximum absolute atomic E-state index is 13.4. The summed E-state index contributed by atoms with van der Waals surface area (Å²) in [7, 11) is 0. The number of anilines is 1. The molecule has 0 bridgehead atoms. The summed E-state index contributed by atoms with van der Waals surface area (Å²) in [5.41, 5.74) is 2.05. The van der Waals surface area contributed by atoms with Gasteiger partial charge < -0.3 is 10.6 Å². The number of carbonyl (C=O) groups is 3. The van der Waals surface area contributed by atoms with E-state index in [0.29, 0.717) is 33.8 Å². The van der Waals surface area contributed by atoms with Gasteiger partial charge in [0, 0.05) is 28.7 Å². The van der Waals surface area contributed by atoms with Crippen LogP contribution in [-0.2, 0) is 14.4 Å². The molecular weight excluding hydrogens is 510 g/mol. The van der Waals surface area contributed by atoms with Gasteiger partial charge in [0.25, 0.3) is 5.91 Å². The van der Waals surface area contributed by atoms with Crippen molar-refractivity contribution < 1.29 is 14.4 Å². The molecule has 0 spiro atoms. The molecule has 37 heavy (non-hydrogen) atoms. The Hall–Kier alpha value is -3.17. The van der Waals surface area contributed by atoms with Gasteiger partial charge in [0.2, 0.25) is 11.8 Å². The summed E-state index contributed by atoms with van der Waals surface area (Å²) in [6, 6.07) is 14.0. The Balaban J connectivity index is 1.25.